The van der Waals surface area contributed by atoms with Gasteiger partial charge in [0.15, 0.2) is 23.0 Å². The van der Waals surface area contributed by atoms with Gasteiger partial charge in [-0.1, -0.05) is 54.9 Å². The summed E-state index contributed by atoms with van der Waals surface area (Å²) in [4.78, 5) is 56.9. The highest BCUT2D eigenvalue weighted by Gasteiger charge is 2.49. The van der Waals surface area contributed by atoms with Gasteiger partial charge in [-0.25, -0.2) is 18.0 Å². The lowest BCUT2D eigenvalue weighted by molar-refractivity contribution is -0.138. The SMILES string of the molecule is COc1ccc(C(N)=O)c(-c2c(Cl)c(F)cc3c2[C@H](C)C(/C=C\NC2CCC(C(=O)N4CCC(CN5CC=C(c6c(F)ccc7c(N8CCC(=O)NC8=O)nn(C)c67)CC5)CC4)CC2)(c2ccccc2)O3)c1F. The first-order valence-corrected chi connectivity index (χ1v) is 25.4. The molecule has 0 bridgehead atoms. The number of piperidine rings is 1. The van der Waals surface area contributed by atoms with E-state index in [0.29, 0.717) is 59.8 Å². The lowest BCUT2D eigenvalue weighted by Crippen LogP contribution is -2.49. The van der Waals surface area contributed by atoms with Gasteiger partial charge in [0.2, 0.25) is 17.7 Å². The molecule has 10 rings (SSSR count). The zero-order valence-electron chi connectivity index (χ0n) is 41.0. The van der Waals surface area contributed by atoms with Crippen LogP contribution in [0.1, 0.15) is 91.3 Å². The van der Waals surface area contributed by atoms with Gasteiger partial charge in [0.25, 0.3) is 0 Å². The molecule has 1 aliphatic carbocycles. The van der Waals surface area contributed by atoms with Crippen molar-refractivity contribution >= 4 is 57.6 Å². The predicted octanol–water partition coefficient (Wildman–Crippen LogP) is 8.95. The number of anilines is 1. The smallest absolute Gasteiger partial charge is 0.329 e. The van der Waals surface area contributed by atoms with Crippen LogP contribution in [0, 0.1) is 29.3 Å². The first-order chi connectivity index (χ1) is 35.2. The number of rotatable bonds is 12. The van der Waals surface area contributed by atoms with Gasteiger partial charge in [-0.15, -0.1) is 0 Å². The Balaban J connectivity index is 0.748. The molecule has 382 valence electrons. The molecular formula is C55H58ClF3N8O6. The number of likely N-dealkylation sites (tertiary alicyclic amines) is 1. The maximum Gasteiger partial charge on any atom is 0.329 e. The second kappa shape index (κ2) is 20.2. The van der Waals surface area contributed by atoms with Crippen molar-refractivity contribution in [1.29, 1.82) is 0 Å². The van der Waals surface area contributed by atoms with E-state index in [2.05, 4.69) is 26.7 Å². The summed E-state index contributed by atoms with van der Waals surface area (Å²) >= 11 is 6.68. The Kier molecular flexibility index (Phi) is 13.8. The van der Waals surface area contributed by atoms with Gasteiger partial charge in [0.1, 0.15) is 17.4 Å². The Bertz CT molecular complexity index is 3080. The van der Waals surface area contributed by atoms with Crippen LogP contribution in [0.25, 0.3) is 27.6 Å². The maximum atomic E-state index is 16.2. The highest BCUT2D eigenvalue weighted by atomic mass is 35.5. The molecule has 5 aromatic rings. The Hall–Kier alpha value is -6.85. The third-order valence-electron chi connectivity index (χ3n) is 15.7. The third kappa shape index (κ3) is 9.19. The number of fused-ring (bicyclic) bond motifs is 2. The topological polar surface area (TPSA) is 164 Å². The summed E-state index contributed by atoms with van der Waals surface area (Å²) in [6, 6.07) is 15.9. The minimum absolute atomic E-state index is 0.0329. The van der Waals surface area contributed by atoms with Crippen LogP contribution in [0.4, 0.5) is 23.8 Å². The quantitative estimate of drug-likeness (QED) is 0.111. The number of halogens is 4. The van der Waals surface area contributed by atoms with Crippen LogP contribution in [0.5, 0.6) is 11.5 Å². The van der Waals surface area contributed by atoms with Gasteiger partial charge in [0.05, 0.1) is 23.2 Å². The lowest BCUT2D eigenvalue weighted by atomic mass is 9.77. The molecule has 0 radical (unpaired) electrons. The molecule has 1 unspecified atom stereocenters. The van der Waals surface area contributed by atoms with Crippen molar-refractivity contribution in [3.05, 3.63) is 124 Å². The van der Waals surface area contributed by atoms with E-state index in [1.54, 1.807) is 17.8 Å². The molecular weight excluding hydrogens is 961 g/mol. The van der Waals surface area contributed by atoms with Gasteiger partial charge >= 0.3 is 6.03 Å². The normalized spacial score (nSPS) is 22.8. The first kappa shape index (κ1) is 49.7. The molecule has 4 aliphatic heterocycles. The van der Waals surface area contributed by atoms with E-state index in [-0.39, 0.29) is 75.8 Å². The maximum absolute atomic E-state index is 16.2. The number of aromatic nitrogens is 2. The summed E-state index contributed by atoms with van der Waals surface area (Å²) in [6.45, 7) is 5.85. The molecule has 73 heavy (non-hydrogen) atoms. The molecule has 4 N–H and O–H groups in total. The van der Waals surface area contributed by atoms with Crippen LogP contribution in [-0.4, -0.2) is 95.8 Å². The average molecular weight is 1020 g/mol. The zero-order valence-corrected chi connectivity index (χ0v) is 41.7. The molecule has 1 saturated carbocycles. The number of imide groups is 1. The van der Waals surface area contributed by atoms with E-state index in [4.69, 9.17) is 26.8 Å². The number of nitrogens with zero attached hydrogens (tertiary/aromatic N) is 5. The Labute approximate surface area is 426 Å². The van der Waals surface area contributed by atoms with Gasteiger partial charge < -0.3 is 25.4 Å². The standard InChI is InChI=1S/C55H58ClF3N8O6/c1-31-44-42(29-40(58)48(56)47(44)46-37(51(60)69)14-16-41(72-3)49(46)59)73-55(31,35-7-5-4-6-8-35)22-23-61-36-11-9-34(10-12-36)53(70)66-26-17-32(18-27-66)30-65-24-19-33(20-25-65)45-39(57)15-13-38-50(45)64(2)63-52(38)67-28-21-43(68)62-54(67)71/h4-8,13-16,19,22-23,29,31-32,34,36,61H,9-12,17-18,20-21,24-28,30H2,1-3H3,(H2,60,69)(H,62,68,71)/b23-22-/t31-,34?,36?,55?/m0/s1. The van der Waals surface area contributed by atoms with E-state index >= 15 is 13.2 Å². The number of carbonyl (C=O) groups is 4. The number of carbonyl (C=O) groups excluding carboxylic acids is 4. The number of ether oxygens (including phenoxy) is 2. The summed E-state index contributed by atoms with van der Waals surface area (Å²) in [6.07, 6.45) is 11.5. The molecule has 18 heteroatoms. The van der Waals surface area contributed by atoms with Crippen LogP contribution in [0.15, 0.2) is 79.0 Å². The van der Waals surface area contributed by atoms with Crippen LogP contribution < -0.4 is 30.7 Å². The van der Waals surface area contributed by atoms with E-state index in [0.717, 1.165) is 62.8 Å². The molecule has 14 nitrogen and oxygen atoms in total. The fourth-order valence-electron chi connectivity index (χ4n) is 11.8. The third-order valence-corrected chi connectivity index (χ3v) is 16.1. The number of nitrogens with one attached hydrogen (secondary N) is 2. The van der Waals surface area contributed by atoms with Gasteiger partial charge in [-0.3, -0.25) is 34.2 Å². The van der Waals surface area contributed by atoms with E-state index < -0.39 is 35.1 Å². The number of aryl methyl sites for hydroxylation is 1. The number of primary amides is 1. The van der Waals surface area contributed by atoms with Crippen molar-refractivity contribution in [2.45, 2.75) is 75.9 Å². The van der Waals surface area contributed by atoms with Crippen LogP contribution in [0.3, 0.4) is 0 Å². The second-order valence-electron chi connectivity index (χ2n) is 19.9. The highest BCUT2D eigenvalue weighted by molar-refractivity contribution is 6.34. The van der Waals surface area contributed by atoms with Crippen LogP contribution in [0.2, 0.25) is 5.02 Å². The van der Waals surface area contributed by atoms with Crippen molar-refractivity contribution < 1.29 is 41.8 Å². The molecule has 5 aliphatic rings. The van der Waals surface area contributed by atoms with E-state index in [1.807, 2.05) is 54.4 Å². The summed E-state index contributed by atoms with van der Waals surface area (Å²) in [5.74, 6) is -2.96. The first-order valence-electron chi connectivity index (χ1n) is 25.0. The Morgan fingerprint density at radius 2 is 1.70 bits per heavy atom. The summed E-state index contributed by atoms with van der Waals surface area (Å²) in [7, 11) is 3.03. The number of methoxy groups -OCH3 is 1. The number of benzene rings is 4. The minimum Gasteiger partial charge on any atom is -0.494 e. The van der Waals surface area contributed by atoms with Crippen LogP contribution in [-0.2, 0) is 22.2 Å². The number of urea groups is 1. The minimum atomic E-state index is -1.20. The monoisotopic (exact) mass is 1020 g/mol. The summed E-state index contributed by atoms with van der Waals surface area (Å²) < 4.78 is 61.2. The molecule has 5 amide bonds. The van der Waals surface area contributed by atoms with Crippen molar-refractivity contribution in [3.8, 4) is 22.6 Å². The zero-order chi connectivity index (χ0) is 51.3. The van der Waals surface area contributed by atoms with Gasteiger partial charge in [0, 0.05) is 104 Å². The number of hydrogen-bond donors (Lipinski definition) is 3. The molecule has 1 aromatic heterocycles. The summed E-state index contributed by atoms with van der Waals surface area (Å²) in [5, 5.41) is 10.8. The van der Waals surface area contributed by atoms with Crippen molar-refractivity contribution in [1.82, 2.24) is 30.2 Å². The predicted molar refractivity (Wildman–Crippen MR) is 272 cm³/mol. The molecule has 3 fully saturated rings. The lowest BCUT2D eigenvalue weighted by Gasteiger charge is -2.38. The molecule has 2 saturated heterocycles. The van der Waals surface area contributed by atoms with E-state index in [9.17, 15) is 19.2 Å². The fraction of sp³-hybridized carbons (Fsp3) is 0.400. The van der Waals surface area contributed by atoms with Crippen molar-refractivity contribution in [3.63, 3.8) is 0 Å². The fourth-order valence-corrected chi connectivity index (χ4v) is 12.0. The average Bonchev–Trinajstić information content (AvgIpc) is 3.87. The van der Waals surface area contributed by atoms with Gasteiger partial charge in [-0.2, -0.15) is 5.10 Å². The van der Waals surface area contributed by atoms with Crippen molar-refractivity contribution in [2.75, 3.05) is 51.3 Å². The number of amides is 5. The second-order valence-corrected chi connectivity index (χ2v) is 20.3. The van der Waals surface area contributed by atoms with Crippen LogP contribution >= 0.6 is 11.6 Å². The Morgan fingerprint density at radius 3 is 2.38 bits per heavy atom. The molecule has 2 atom stereocenters. The number of nitrogens with two attached hydrogens (primary N) is 1. The number of hydrogen-bond acceptors (Lipinski definition) is 9. The molecule has 5 heterocycles. The highest BCUT2D eigenvalue weighted by Crippen LogP contribution is 2.57. The largest absolute Gasteiger partial charge is 0.494 e. The summed E-state index contributed by atoms with van der Waals surface area (Å²) in [5.41, 5.74) is 7.22. The molecule has 0 spiro atoms. The molecule has 4 aromatic carbocycles. The van der Waals surface area contributed by atoms with Gasteiger partial charge in [-0.05, 0) is 98.5 Å². The van der Waals surface area contributed by atoms with E-state index in [1.165, 1.54) is 36.3 Å². The Morgan fingerprint density at radius 1 is 0.945 bits per heavy atom. The van der Waals surface area contributed by atoms with Crippen molar-refractivity contribution in [2.24, 2.45) is 24.6 Å².